The van der Waals surface area contributed by atoms with Crippen LogP contribution in [0, 0.1) is 10.1 Å². The van der Waals surface area contributed by atoms with Crippen LogP contribution in [0.4, 0.5) is 11.4 Å². The lowest BCUT2D eigenvalue weighted by Crippen LogP contribution is -2.18. The highest BCUT2D eigenvalue weighted by atomic mass is 32.2. The molecule has 2 aromatic rings. The summed E-state index contributed by atoms with van der Waals surface area (Å²) in [6.45, 7) is 0. The third kappa shape index (κ3) is 3.24. The van der Waals surface area contributed by atoms with Crippen LogP contribution in [-0.2, 0) is 16.4 Å². The molecule has 0 aromatic heterocycles. The van der Waals surface area contributed by atoms with Crippen LogP contribution in [0.2, 0.25) is 0 Å². The average molecular weight is 347 g/mol. The van der Waals surface area contributed by atoms with Gasteiger partial charge in [0.05, 0.1) is 15.9 Å². The molecule has 0 radical (unpaired) electrons. The lowest BCUT2D eigenvalue weighted by atomic mass is 9.87. The molecular weight excluding hydrogens is 330 g/mol. The maximum atomic E-state index is 11.4. The van der Waals surface area contributed by atoms with E-state index in [4.69, 9.17) is 5.14 Å². The zero-order chi connectivity index (χ0) is 17.3. The summed E-state index contributed by atoms with van der Waals surface area (Å²) in [5.41, 5.74) is 2.33. The van der Waals surface area contributed by atoms with Crippen molar-refractivity contribution in [3.8, 4) is 0 Å². The van der Waals surface area contributed by atoms with Crippen LogP contribution in [-0.4, -0.2) is 13.3 Å². The van der Waals surface area contributed by atoms with Crippen molar-refractivity contribution in [2.75, 3.05) is 5.32 Å². The quantitative estimate of drug-likeness (QED) is 0.652. The first-order valence-corrected chi connectivity index (χ1v) is 9.06. The molecule has 0 unspecified atom stereocenters. The fraction of sp³-hybridized carbons (Fsp3) is 0.250. The predicted molar refractivity (Wildman–Crippen MR) is 90.2 cm³/mol. The highest BCUT2D eigenvalue weighted by Gasteiger charge is 2.24. The van der Waals surface area contributed by atoms with Gasteiger partial charge >= 0.3 is 0 Å². The van der Waals surface area contributed by atoms with E-state index in [1.54, 1.807) is 0 Å². The maximum Gasteiger partial charge on any atom is 0.293 e. The van der Waals surface area contributed by atoms with Crippen LogP contribution < -0.4 is 10.5 Å². The highest BCUT2D eigenvalue weighted by Crippen LogP contribution is 2.35. The molecule has 7 nitrogen and oxygen atoms in total. The van der Waals surface area contributed by atoms with E-state index in [2.05, 4.69) is 11.4 Å². The summed E-state index contributed by atoms with van der Waals surface area (Å²) in [5, 5.41) is 19.6. The van der Waals surface area contributed by atoms with Crippen LogP contribution in [0.25, 0.3) is 0 Å². The number of hydrogen-bond donors (Lipinski definition) is 2. The Balaban J connectivity index is 1.98. The zero-order valence-electron chi connectivity index (χ0n) is 12.8. The number of rotatable bonds is 4. The topological polar surface area (TPSA) is 115 Å². The predicted octanol–water partition coefficient (Wildman–Crippen LogP) is 2.73. The molecule has 0 amide bonds. The Kier molecular flexibility index (Phi) is 4.25. The molecule has 8 heteroatoms. The summed E-state index contributed by atoms with van der Waals surface area (Å²) < 4.78 is 22.8. The molecule has 3 N–H and O–H groups in total. The Morgan fingerprint density at radius 1 is 1.21 bits per heavy atom. The number of anilines is 1. The smallest absolute Gasteiger partial charge is 0.293 e. The summed E-state index contributed by atoms with van der Waals surface area (Å²) >= 11 is 0. The number of hydrogen-bond acceptors (Lipinski definition) is 5. The second-order valence-electron chi connectivity index (χ2n) is 5.77. The van der Waals surface area contributed by atoms with Gasteiger partial charge in [-0.3, -0.25) is 10.1 Å². The number of fused-ring (bicyclic) bond motifs is 1. The molecule has 0 spiro atoms. The van der Waals surface area contributed by atoms with E-state index in [1.807, 2.05) is 18.2 Å². The molecule has 1 aliphatic rings. The van der Waals surface area contributed by atoms with E-state index < -0.39 is 14.9 Å². The Labute approximate surface area is 139 Å². The molecule has 0 saturated carbocycles. The molecule has 1 aliphatic carbocycles. The Morgan fingerprint density at radius 2 is 1.96 bits per heavy atom. The first-order chi connectivity index (χ1) is 11.4. The monoisotopic (exact) mass is 347 g/mol. The van der Waals surface area contributed by atoms with Crippen molar-refractivity contribution in [2.45, 2.75) is 30.2 Å². The van der Waals surface area contributed by atoms with Crippen molar-refractivity contribution >= 4 is 21.4 Å². The van der Waals surface area contributed by atoms with Crippen LogP contribution >= 0.6 is 0 Å². The number of primary sulfonamides is 1. The molecule has 2 aromatic carbocycles. The molecule has 0 bridgehead atoms. The van der Waals surface area contributed by atoms with E-state index in [9.17, 15) is 18.5 Å². The van der Waals surface area contributed by atoms with Crippen molar-refractivity contribution < 1.29 is 13.3 Å². The average Bonchev–Trinajstić information content (AvgIpc) is 2.54. The molecule has 126 valence electrons. The molecule has 0 fully saturated rings. The number of nitro groups is 1. The molecule has 0 saturated heterocycles. The number of nitrogens with two attached hydrogens (primary N) is 1. The third-order valence-corrected chi connectivity index (χ3v) is 5.10. The van der Waals surface area contributed by atoms with Crippen LogP contribution in [0.3, 0.4) is 0 Å². The Bertz CT molecular complexity index is 896. The number of nitrogens with one attached hydrogen (secondary N) is 1. The summed E-state index contributed by atoms with van der Waals surface area (Å²) in [7, 11) is -3.99. The van der Waals surface area contributed by atoms with Gasteiger partial charge in [0, 0.05) is 6.07 Å². The van der Waals surface area contributed by atoms with Crippen molar-refractivity contribution in [1.29, 1.82) is 0 Å². The van der Waals surface area contributed by atoms with Crippen molar-refractivity contribution in [3.63, 3.8) is 0 Å². The van der Waals surface area contributed by atoms with Gasteiger partial charge in [0.1, 0.15) is 5.69 Å². The van der Waals surface area contributed by atoms with Gasteiger partial charge in [-0.15, -0.1) is 0 Å². The normalized spacial score (nSPS) is 17.1. The standard InChI is InChI=1S/C16H17N3O4S/c17-24(22,23)12-8-9-15(16(10-12)19(20)21)18-14-7-3-5-11-4-1-2-6-13(11)14/h1-2,4,6,8-10,14,18H,3,5,7H2,(H2,17,22,23)/t14-/m0/s1. The van der Waals surface area contributed by atoms with Crippen LogP contribution in [0.1, 0.15) is 30.0 Å². The largest absolute Gasteiger partial charge is 0.373 e. The van der Waals surface area contributed by atoms with Gasteiger partial charge < -0.3 is 5.32 Å². The minimum Gasteiger partial charge on any atom is -0.373 e. The van der Waals surface area contributed by atoms with Crippen molar-refractivity contribution in [2.24, 2.45) is 5.14 Å². The van der Waals surface area contributed by atoms with E-state index in [0.29, 0.717) is 0 Å². The molecular formula is C16H17N3O4S. The lowest BCUT2D eigenvalue weighted by molar-refractivity contribution is -0.384. The first kappa shape index (κ1) is 16.4. The van der Waals surface area contributed by atoms with E-state index in [0.717, 1.165) is 30.9 Å². The molecule has 3 rings (SSSR count). The van der Waals surface area contributed by atoms with E-state index >= 15 is 0 Å². The van der Waals surface area contributed by atoms with Crippen molar-refractivity contribution in [3.05, 3.63) is 63.7 Å². The number of aryl methyl sites for hydroxylation is 1. The minimum atomic E-state index is -3.99. The highest BCUT2D eigenvalue weighted by molar-refractivity contribution is 7.89. The first-order valence-electron chi connectivity index (χ1n) is 7.52. The van der Waals surface area contributed by atoms with Gasteiger partial charge in [-0.2, -0.15) is 0 Å². The van der Waals surface area contributed by atoms with E-state index in [-0.39, 0.29) is 22.3 Å². The maximum absolute atomic E-state index is 11.4. The lowest BCUT2D eigenvalue weighted by Gasteiger charge is -2.27. The molecule has 1 atom stereocenters. The SMILES string of the molecule is NS(=O)(=O)c1ccc(N[C@H]2CCCc3ccccc32)c([N+](=O)[O-])c1. The summed E-state index contributed by atoms with van der Waals surface area (Å²) in [4.78, 5) is 10.4. The van der Waals surface area contributed by atoms with Crippen molar-refractivity contribution in [1.82, 2.24) is 0 Å². The molecule has 24 heavy (non-hydrogen) atoms. The van der Waals surface area contributed by atoms with Gasteiger partial charge in [0.25, 0.3) is 5.69 Å². The fourth-order valence-corrected chi connectivity index (χ4v) is 3.59. The summed E-state index contributed by atoms with van der Waals surface area (Å²) in [6, 6.07) is 11.6. The third-order valence-electron chi connectivity index (χ3n) is 4.19. The van der Waals surface area contributed by atoms with E-state index in [1.165, 1.54) is 17.7 Å². The van der Waals surface area contributed by atoms with Gasteiger partial charge in [-0.25, -0.2) is 13.6 Å². The number of sulfonamides is 1. The van der Waals surface area contributed by atoms with Gasteiger partial charge in [0.2, 0.25) is 10.0 Å². The van der Waals surface area contributed by atoms with Gasteiger partial charge in [-0.1, -0.05) is 24.3 Å². The Hall–Kier alpha value is -2.45. The fourth-order valence-electron chi connectivity index (χ4n) is 3.05. The minimum absolute atomic E-state index is 0.0472. The number of benzene rings is 2. The van der Waals surface area contributed by atoms with Gasteiger partial charge in [0.15, 0.2) is 0 Å². The second-order valence-corrected chi connectivity index (χ2v) is 7.33. The Morgan fingerprint density at radius 3 is 2.67 bits per heavy atom. The summed E-state index contributed by atoms with van der Waals surface area (Å²) in [5.74, 6) is 0. The number of nitro benzene ring substituents is 1. The van der Waals surface area contributed by atoms with Crippen LogP contribution in [0.15, 0.2) is 47.4 Å². The zero-order valence-corrected chi connectivity index (χ0v) is 13.6. The summed E-state index contributed by atoms with van der Waals surface area (Å²) in [6.07, 6.45) is 2.82. The van der Waals surface area contributed by atoms with Gasteiger partial charge in [-0.05, 0) is 42.5 Å². The number of nitrogens with zero attached hydrogens (tertiary/aromatic N) is 1. The second kappa shape index (κ2) is 6.21. The molecule has 0 heterocycles. The molecule has 0 aliphatic heterocycles. The van der Waals surface area contributed by atoms with Crippen LogP contribution in [0.5, 0.6) is 0 Å².